The van der Waals surface area contributed by atoms with Gasteiger partial charge in [-0.15, -0.1) is 11.8 Å². The van der Waals surface area contributed by atoms with E-state index in [-0.39, 0.29) is 11.3 Å². The number of carbonyl (C=O) groups excluding carboxylic acids is 1. The number of nitrogens with zero attached hydrogens (tertiary/aromatic N) is 1. The molecule has 1 fully saturated rings. The Morgan fingerprint density at radius 2 is 2.44 bits per heavy atom. The molecule has 0 bridgehead atoms. The normalized spacial score (nSPS) is 29.9. The fourth-order valence-electron chi connectivity index (χ4n) is 2.31. The first kappa shape index (κ1) is 13.4. The zero-order chi connectivity index (χ0) is 13.2. The Kier molecular flexibility index (Phi) is 3.97. The second-order valence-electron chi connectivity index (χ2n) is 4.53. The first-order valence-corrected chi connectivity index (χ1v) is 7.29. The molecule has 0 aromatic heterocycles. The van der Waals surface area contributed by atoms with Crippen LogP contribution in [0.1, 0.15) is 26.2 Å². The van der Waals surface area contributed by atoms with E-state index in [1.165, 1.54) is 16.7 Å². The lowest BCUT2D eigenvalue weighted by Crippen LogP contribution is -2.81. The largest absolute Gasteiger partial charge is 0.479 e. The summed E-state index contributed by atoms with van der Waals surface area (Å²) >= 11 is 1.49. The maximum atomic E-state index is 12.0. The van der Waals surface area contributed by atoms with E-state index in [2.05, 4.69) is 12.2 Å². The van der Waals surface area contributed by atoms with Crippen LogP contribution in [0.3, 0.4) is 0 Å². The molecule has 1 saturated heterocycles. The Morgan fingerprint density at radius 3 is 3.11 bits per heavy atom. The van der Waals surface area contributed by atoms with Gasteiger partial charge in [0.15, 0.2) is 0 Å². The number of carbonyl (C=O) groups is 2. The smallest absolute Gasteiger partial charge is 0.336 e. The van der Waals surface area contributed by atoms with Crippen LogP contribution in [-0.2, 0) is 9.59 Å². The van der Waals surface area contributed by atoms with Crippen molar-refractivity contribution in [2.24, 2.45) is 0 Å². The molecule has 5 nitrogen and oxygen atoms in total. The molecule has 18 heavy (non-hydrogen) atoms. The lowest BCUT2D eigenvalue weighted by Gasteiger charge is -2.52. The highest BCUT2D eigenvalue weighted by Gasteiger charge is 2.66. The molecule has 2 atom stereocenters. The van der Waals surface area contributed by atoms with Crippen molar-refractivity contribution in [1.29, 1.82) is 0 Å². The van der Waals surface area contributed by atoms with Crippen LogP contribution in [0.5, 0.6) is 0 Å². The monoisotopic (exact) mass is 270 g/mol. The summed E-state index contributed by atoms with van der Waals surface area (Å²) in [5, 5.41) is 12.1. The average molecular weight is 270 g/mol. The third kappa shape index (κ3) is 1.93. The Hall–Kier alpha value is -1.01. The van der Waals surface area contributed by atoms with Gasteiger partial charge in [0.1, 0.15) is 5.37 Å². The molecule has 0 aromatic rings. The van der Waals surface area contributed by atoms with E-state index in [0.717, 1.165) is 25.0 Å². The van der Waals surface area contributed by atoms with Gasteiger partial charge in [-0.05, 0) is 13.0 Å². The topological polar surface area (TPSA) is 69.6 Å². The molecule has 0 aromatic carbocycles. The second kappa shape index (κ2) is 5.32. The third-order valence-corrected chi connectivity index (χ3v) is 4.61. The number of rotatable bonds is 6. The second-order valence-corrected chi connectivity index (χ2v) is 5.64. The van der Waals surface area contributed by atoms with Crippen LogP contribution in [0.2, 0.25) is 0 Å². The van der Waals surface area contributed by atoms with E-state index in [4.69, 9.17) is 0 Å². The lowest BCUT2D eigenvalue weighted by molar-refractivity contribution is -0.167. The molecular weight excluding hydrogens is 252 g/mol. The zero-order valence-corrected chi connectivity index (χ0v) is 11.2. The van der Waals surface area contributed by atoms with Crippen molar-refractivity contribution in [3.05, 3.63) is 12.3 Å². The highest BCUT2D eigenvalue weighted by molar-refractivity contribution is 8.00. The van der Waals surface area contributed by atoms with Crippen molar-refractivity contribution < 1.29 is 14.7 Å². The van der Waals surface area contributed by atoms with Crippen LogP contribution in [-0.4, -0.2) is 45.1 Å². The molecule has 2 aliphatic heterocycles. The number of carboxylic acid groups (broad SMARTS) is 1. The van der Waals surface area contributed by atoms with E-state index >= 15 is 0 Å². The summed E-state index contributed by atoms with van der Waals surface area (Å²) in [4.78, 5) is 25.0. The van der Waals surface area contributed by atoms with Crippen molar-refractivity contribution in [1.82, 2.24) is 10.2 Å². The summed E-state index contributed by atoms with van der Waals surface area (Å²) in [5.41, 5.74) is -1.41. The van der Waals surface area contributed by atoms with Gasteiger partial charge in [0.05, 0.1) is 0 Å². The summed E-state index contributed by atoms with van der Waals surface area (Å²) in [6.45, 7) is 2.66. The minimum absolute atomic E-state index is 0.311. The Labute approximate surface area is 111 Å². The van der Waals surface area contributed by atoms with Crippen LogP contribution in [0.25, 0.3) is 0 Å². The third-order valence-electron chi connectivity index (χ3n) is 3.33. The molecule has 0 saturated carbocycles. The highest BCUT2D eigenvalue weighted by atomic mass is 32.2. The van der Waals surface area contributed by atoms with Crippen molar-refractivity contribution in [2.75, 3.05) is 12.3 Å². The van der Waals surface area contributed by atoms with Crippen LogP contribution < -0.4 is 5.32 Å². The van der Waals surface area contributed by atoms with Gasteiger partial charge in [0, 0.05) is 12.0 Å². The van der Waals surface area contributed by atoms with Crippen LogP contribution in [0.15, 0.2) is 12.3 Å². The quantitative estimate of drug-likeness (QED) is 0.428. The molecule has 6 heteroatoms. The molecule has 100 valence electrons. The standard InChI is InChI=1S/C12H18N2O3S/c1-2-3-4-6-13-12(11(16)17)9(15)14-7-5-8-18-10(12)14/h5,7,10,13H,2-4,6,8H2,1H3,(H,16,17)/t10-,12+/m0/s1. The highest BCUT2D eigenvalue weighted by Crippen LogP contribution is 2.41. The summed E-state index contributed by atoms with van der Waals surface area (Å²) < 4.78 is 0. The molecule has 0 unspecified atom stereocenters. The zero-order valence-electron chi connectivity index (χ0n) is 10.4. The maximum Gasteiger partial charge on any atom is 0.336 e. The first-order valence-electron chi connectivity index (χ1n) is 6.24. The minimum atomic E-state index is -1.41. The van der Waals surface area contributed by atoms with Crippen molar-refractivity contribution in [3.63, 3.8) is 0 Å². The summed E-state index contributed by atoms with van der Waals surface area (Å²) in [6.07, 6.45) is 6.58. The van der Waals surface area contributed by atoms with Crippen molar-refractivity contribution in [3.8, 4) is 0 Å². The van der Waals surface area contributed by atoms with Gasteiger partial charge in [-0.1, -0.05) is 25.8 Å². The van der Waals surface area contributed by atoms with Crippen LogP contribution in [0.4, 0.5) is 0 Å². The molecule has 2 aliphatic rings. The van der Waals surface area contributed by atoms with E-state index < -0.39 is 11.5 Å². The number of nitrogens with one attached hydrogen (secondary N) is 1. The SMILES string of the molecule is CCCCCN[C@]1(C(=O)O)C(=O)N2C=CCS[C@H]21. The Morgan fingerprint density at radius 1 is 1.67 bits per heavy atom. The van der Waals surface area contributed by atoms with E-state index in [1.54, 1.807) is 6.20 Å². The first-order chi connectivity index (χ1) is 8.64. The van der Waals surface area contributed by atoms with Gasteiger partial charge in [-0.2, -0.15) is 0 Å². The molecule has 2 rings (SSSR count). The van der Waals surface area contributed by atoms with Gasteiger partial charge < -0.3 is 10.0 Å². The van der Waals surface area contributed by atoms with Gasteiger partial charge in [0.2, 0.25) is 5.54 Å². The van der Waals surface area contributed by atoms with Gasteiger partial charge in [-0.3, -0.25) is 10.1 Å². The molecule has 2 N–H and O–H groups in total. The number of hydrogen-bond acceptors (Lipinski definition) is 4. The maximum absolute atomic E-state index is 12.0. The molecule has 2 heterocycles. The Balaban J connectivity index is 2.06. The molecule has 0 radical (unpaired) electrons. The number of aliphatic carboxylic acids is 1. The molecule has 0 spiro atoms. The lowest BCUT2D eigenvalue weighted by atomic mass is 9.87. The Bertz CT molecular complexity index is 386. The van der Waals surface area contributed by atoms with Crippen LogP contribution in [0, 0.1) is 0 Å². The molecule has 1 amide bonds. The molecule has 0 aliphatic carbocycles. The number of amides is 1. The van der Waals surface area contributed by atoms with E-state index in [0.29, 0.717) is 6.54 Å². The predicted molar refractivity (Wildman–Crippen MR) is 70.1 cm³/mol. The summed E-state index contributed by atoms with van der Waals surface area (Å²) in [6, 6.07) is 0. The van der Waals surface area contributed by atoms with Gasteiger partial charge in [0.25, 0.3) is 5.91 Å². The average Bonchev–Trinajstić information content (AvgIpc) is 2.38. The van der Waals surface area contributed by atoms with Crippen molar-refractivity contribution in [2.45, 2.75) is 37.1 Å². The number of β-lactam (4-membered cyclic amide) rings is 1. The van der Waals surface area contributed by atoms with E-state index in [9.17, 15) is 14.7 Å². The predicted octanol–water partition coefficient (Wildman–Crippen LogP) is 1.02. The fourth-order valence-corrected chi connectivity index (χ4v) is 3.55. The number of carboxylic acids is 1. The van der Waals surface area contributed by atoms with Crippen molar-refractivity contribution >= 4 is 23.6 Å². The minimum Gasteiger partial charge on any atom is -0.479 e. The number of unbranched alkanes of at least 4 members (excludes halogenated alkanes) is 2. The van der Waals surface area contributed by atoms with Crippen LogP contribution >= 0.6 is 11.8 Å². The van der Waals surface area contributed by atoms with E-state index in [1.807, 2.05) is 6.08 Å². The number of hydrogen-bond donors (Lipinski definition) is 2. The number of fused-ring (bicyclic) bond motifs is 1. The molecular formula is C12H18N2O3S. The fraction of sp³-hybridized carbons (Fsp3) is 0.667. The summed E-state index contributed by atoms with van der Waals surface area (Å²) in [7, 11) is 0. The summed E-state index contributed by atoms with van der Waals surface area (Å²) in [5.74, 6) is -0.659. The van der Waals surface area contributed by atoms with Gasteiger partial charge >= 0.3 is 5.97 Å². The number of thioether (sulfide) groups is 1. The van der Waals surface area contributed by atoms with Gasteiger partial charge in [-0.25, -0.2) is 4.79 Å².